The molecule has 3 heterocycles. The van der Waals surface area contributed by atoms with Crippen LogP contribution in [0.2, 0.25) is 0 Å². The molecule has 0 aromatic carbocycles. The summed E-state index contributed by atoms with van der Waals surface area (Å²) < 4.78 is 6.06. The van der Waals surface area contributed by atoms with Gasteiger partial charge in [0, 0.05) is 36.1 Å². The van der Waals surface area contributed by atoms with Gasteiger partial charge >= 0.3 is 0 Å². The smallest absolute Gasteiger partial charge is 0.291 e. The van der Waals surface area contributed by atoms with E-state index in [0.717, 1.165) is 11.3 Å². The molecule has 0 atom stereocenters. The molecular formula is C17H14N6O2. The van der Waals surface area contributed by atoms with Gasteiger partial charge in [-0.25, -0.2) is 9.97 Å². The molecule has 8 nitrogen and oxygen atoms in total. The summed E-state index contributed by atoms with van der Waals surface area (Å²) >= 11 is 0. The van der Waals surface area contributed by atoms with Crippen molar-refractivity contribution in [1.82, 2.24) is 19.9 Å². The van der Waals surface area contributed by atoms with Crippen LogP contribution in [0.25, 0.3) is 23.0 Å². The Balaban J connectivity index is 1.83. The predicted molar refractivity (Wildman–Crippen MR) is 94.2 cm³/mol. The molecule has 4 rings (SSSR count). The number of nitrogens with zero attached hydrogens (tertiary/aromatic N) is 3. The fraction of sp³-hybridized carbons (Fsp3) is 0.0588. The molecule has 0 fully saturated rings. The fourth-order valence-corrected chi connectivity index (χ4v) is 2.57. The number of nitrogens with one attached hydrogen (secondary N) is 1. The van der Waals surface area contributed by atoms with Crippen LogP contribution in [0, 0.1) is 0 Å². The van der Waals surface area contributed by atoms with Crippen LogP contribution < -0.4 is 21.8 Å². The standard InChI is InChI=1S/C17H14N6O2/c18-9-3-4-12(10-2-1-6-20-11(10)8-9)25-13-5-7-21-16-14(13)22-17(24)15(19)23-16/h1-2,4-8H,3,18H2,(H,22,24)(H2,19,21,23). The molecule has 0 saturated heterocycles. The number of nitrogens with two attached hydrogens (primary N) is 2. The molecule has 124 valence electrons. The van der Waals surface area contributed by atoms with Crippen LogP contribution in [-0.2, 0) is 0 Å². The van der Waals surface area contributed by atoms with Gasteiger partial charge in [0.15, 0.2) is 17.2 Å². The number of hydrogen-bond acceptors (Lipinski definition) is 7. The number of nitrogen functional groups attached to an aromatic ring is 1. The lowest BCUT2D eigenvalue weighted by molar-refractivity contribution is 0.517. The number of rotatable bonds is 2. The highest BCUT2D eigenvalue weighted by Crippen LogP contribution is 2.29. The molecule has 1 aliphatic carbocycles. The molecule has 1 aliphatic rings. The molecule has 0 bridgehead atoms. The van der Waals surface area contributed by atoms with Crippen LogP contribution >= 0.6 is 0 Å². The first-order valence-corrected chi connectivity index (χ1v) is 7.56. The van der Waals surface area contributed by atoms with Gasteiger partial charge in [-0.15, -0.1) is 0 Å². The number of ether oxygens (including phenoxy) is 1. The van der Waals surface area contributed by atoms with E-state index in [4.69, 9.17) is 16.2 Å². The van der Waals surface area contributed by atoms with Crippen LogP contribution in [0.4, 0.5) is 5.82 Å². The van der Waals surface area contributed by atoms with Crippen molar-refractivity contribution in [1.29, 1.82) is 0 Å². The van der Waals surface area contributed by atoms with E-state index in [1.54, 1.807) is 12.3 Å². The Morgan fingerprint density at radius 2 is 2.04 bits per heavy atom. The lowest BCUT2D eigenvalue weighted by atomic mass is 10.1. The average Bonchev–Trinajstić information content (AvgIpc) is 2.75. The van der Waals surface area contributed by atoms with Crippen molar-refractivity contribution < 1.29 is 4.74 Å². The van der Waals surface area contributed by atoms with Crippen molar-refractivity contribution in [3.8, 4) is 5.75 Å². The lowest BCUT2D eigenvalue weighted by Gasteiger charge is -2.12. The second-order valence-electron chi connectivity index (χ2n) is 5.49. The van der Waals surface area contributed by atoms with E-state index in [1.807, 2.05) is 24.3 Å². The monoisotopic (exact) mass is 334 g/mol. The first kappa shape index (κ1) is 14.9. The van der Waals surface area contributed by atoms with E-state index < -0.39 is 5.56 Å². The van der Waals surface area contributed by atoms with Crippen molar-refractivity contribution in [3.05, 3.63) is 64.0 Å². The van der Waals surface area contributed by atoms with Gasteiger partial charge in [-0.2, -0.15) is 0 Å². The van der Waals surface area contributed by atoms with Gasteiger partial charge < -0.3 is 21.2 Å². The third kappa shape index (κ3) is 2.69. The van der Waals surface area contributed by atoms with E-state index in [9.17, 15) is 4.79 Å². The minimum atomic E-state index is -0.492. The van der Waals surface area contributed by atoms with Gasteiger partial charge in [0.2, 0.25) is 0 Å². The van der Waals surface area contributed by atoms with Crippen LogP contribution in [0.3, 0.4) is 0 Å². The van der Waals surface area contributed by atoms with E-state index in [0.29, 0.717) is 34.8 Å². The second kappa shape index (κ2) is 5.75. The summed E-state index contributed by atoms with van der Waals surface area (Å²) in [4.78, 5) is 26.9. The average molecular weight is 334 g/mol. The number of fused-ring (bicyclic) bond motifs is 2. The van der Waals surface area contributed by atoms with E-state index in [2.05, 4.69) is 19.9 Å². The second-order valence-corrected chi connectivity index (χ2v) is 5.49. The largest absolute Gasteiger partial charge is 0.455 e. The summed E-state index contributed by atoms with van der Waals surface area (Å²) in [5.74, 6) is 0.860. The summed E-state index contributed by atoms with van der Waals surface area (Å²) in [5, 5.41) is 0. The van der Waals surface area contributed by atoms with E-state index in [-0.39, 0.29) is 5.82 Å². The Bertz CT molecular complexity index is 1100. The van der Waals surface area contributed by atoms with Crippen LogP contribution in [0.15, 0.2) is 47.2 Å². The van der Waals surface area contributed by atoms with Gasteiger partial charge in [-0.05, 0) is 24.3 Å². The Hall–Kier alpha value is -3.68. The molecule has 0 radical (unpaired) electrons. The quantitative estimate of drug-likeness (QED) is 0.645. The molecule has 3 aromatic heterocycles. The highest BCUT2D eigenvalue weighted by atomic mass is 16.5. The molecule has 0 unspecified atom stereocenters. The van der Waals surface area contributed by atoms with Crippen LogP contribution in [-0.4, -0.2) is 19.9 Å². The van der Waals surface area contributed by atoms with Crippen LogP contribution in [0.1, 0.15) is 17.7 Å². The van der Waals surface area contributed by atoms with Crippen molar-refractivity contribution >= 4 is 28.8 Å². The number of aromatic amines is 1. The predicted octanol–water partition coefficient (Wildman–Crippen LogP) is 1.42. The number of anilines is 1. The molecule has 0 aliphatic heterocycles. The summed E-state index contributed by atoms with van der Waals surface area (Å²) in [6, 6.07) is 5.36. The van der Waals surface area contributed by atoms with Gasteiger partial charge in [0.1, 0.15) is 11.3 Å². The number of aromatic nitrogens is 4. The summed E-state index contributed by atoms with van der Waals surface area (Å²) in [5.41, 5.74) is 13.9. The maximum absolute atomic E-state index is 11.8. The van der Waals surface area contributed by atoms with Crippen molar-refractivity contribution in [2.75, 3.05) is 5.73 Å². The summed E-state index contributed by atoms with van der Waals surface area (Å²) in [6.45, 7) is 0. The van der Waals surface area contributed by atoms with Crippen molar-refractivity contribution in [2.45, 2.75) is 6.42 Å². The number of pyridine rings is 2. The van der Waals surface area contributed by atoms with Crippen molar-refractivity contribution in [2.24, 2.45) is 5.73 Å². The summed E-state index contributed by atoms with van der Waals surface area (Å²) in [7, 11) is 0. The zero-order valence-corrected chi connectivity index (χ0v) is 13.1. The Labute approximate surface area is 141 Å². The number of hydrogen-bond donors (Lipinski definition) is 3. The SMILES string of the molecule is NC1=Cc2ncccc2C(Oc2ccnc3nc(N)c(=O)[nH]c23)=CC1. The van der Waals surface area contributed by atoms with Crippen molar-refractivity contribution in [3.63, 3.8) is 0 Å². The molecule has 8 heteroatoms. The third-order valence-corrected chi connectivity index (χ3v) is 3.76. The highest BCUT2D eigenvalue weighted by Gasteiger charge is 2.16. The summed E-state index contributed by atoms with van der Waals surface area (Å²) in [6.07, 6.45) is 7.44. The number of allylic oxidation sites excluding steroid dienone is 1. The molecule has 3 aromatic rings. The number of H-pyrrole nitrogens is 1. The molecule has 0 saturated carbocycles. The van der Waals surface area contributed by atoms with Gasteiger partial charge in [0.05, 0.1) is 5.69 Å². The van der Waals surface area contributed by atoms with Crippen LogP contribution in [0.5, 0.6) is 5.75 Å². The van der Waals surface area contributed by atoms with Gasteiger partial charge in [-0.3, -0.25) is 9.78 Å². The maximum Gasteiger partial charge on any atom is 0.291 e. The molecular weight excluding hydrogens is 320 g/mol. The minimum Gasteiger partial charge on any atom is -0.455 e. The lowest BCUT2D eigenvalue weighted by Crippen LogP contribution is -2.14. The zero-order chi connectivity index (χ0) is 17.4. The molecule has 5 N–H and O–H groups in total. The minimum absolute atomic E-state index is 0.141. The topological polar surface area (TPSA) is 133 Å². The Morgan fingerprint density at radius 3 is 2.92 bits per heavy atom. The highest BCUT2D eigenvalue weighted by molar-refractivity contribution is 5.80. The Kier molecular flexibility index (Phi) is 3.42. The maximum atomic E-state index is 11.8. The van der Waals surface area contributed by atoms with E-state index >= 15 is 0 Å². The third-order valence-electron chi connectivity index (χ3n) is 3.76. The Morgan fingerprint density at radius 1 is 1.16 bits per heavy atom. The molecule has 0 spiro atoms. The fourth-order valence-electron chi connectivity index (χ4n) is 2.57. The zero-order valence-electron chi connectivity index (χ0n) is 13.1. The first-order chi connectivity index (χ1) is 12.1. The molecule has 25 heavy (non-hydrogen) atoms. The molecule has 0 amide bonds. The van der Waals surface area contributed by atoms with E-state index in [1.165, 1.54) is 6.20 Å². The van der Waals surface area contributed by atoms with Gasteiger partial charge in [0.25, 0.3) is 5.56 Å². The first-order valence-electron chi connectivity index (χ1n) is 7.56. The normalized spacial score (nSPS) is 13.6. The van der Waals surface area contributed by atoms with Gasteiger partial charge in [-0.1, -0.05) is 0 Å².